The molecule has 10 nitrogen and oxygen atoms in total. The van der Waals surface area contributed by atoms with Gasteiger partial charge in [0.15, 0.2) is 0 Å². The largest absolute Gasteiger partial charge is 0.497 e. The van der Waals surface area contributed by atoms with Crippen LogP contribution in [0.1, 0.15) is 82.1 Å². The van der Waals surface area contributed by atoms with Gasteiger partial charge in [0.1, 0.15) is 23.0 Å². The number of allylic oxidation sites excluding steroid dienone is 2. The van der Waals surface area contributed by atoms with E-state index in [0.717, 1.165) is 45.3 Å². The van der Waals surface area contributed by atoms with Crippen molar-refractivity contribution in [1.29, 1.82) is 0 Å². The molecule has 0 spiro atoms. The lowest BCUT2D eigenvalue weighted by atomic mass is 10.2. The summed E-state index contributed by atoms with van der Waals surface area (Å²) in [6, 6.07) is 30.0. The fraction of sp³-hybridized carbons (Fsp3) is 0.404. The van der Waals surface area contributed by atoms with Crippen molar-refractivity contribution in [1.82, 2.24) is 8.61 Å². The van der Waals surface area contributed by atoms with Crippen molar-refractivity contribution >= 4 is 20.0 Å². The number of benzene rings is 4. The highest BCUT2D eigenvalue weighted by molar-refractivity contribution is 7.90. The van der Waals surface area contributed by atoms with E-state index in [-0.39, 0.29) is 7.43 Å². The number of rotatable bonds is 24. The van der Waals surface area contributed by atoms with Gasteiger partial charge in [0.25, 0.3) is 0 Å². The summed E-state index contributed by atoms with van der Waals surface area (Å²) in [5.74, 6) is 2.98. The molecule has 0 radical (unpaired) electrons. The Bertz CT molecular complexity index is 1770. The number of ether oxygens (including phenoxy) is 4. The molecule has 0 aliphatic rings. The van der Waals surface area contributed by atoms with E-state index in [0.29, 0.717) is 64.7 Å². The highest BCUT2D eigenvalue weighted by Gasteiger charge is 2.32. The molecular formula is C47H66N2O8S2. The Morgan fingerprint density at radius 1 is 0.475 bits per heavy atom. The fourth-order valence-corrected chi connectivity index (χ4v) is 10.2. The fourth-order valence-electron chi connectivity index (χ4n) is 6.37. The maximum atomic E-state index is 13.5. The Balaban J connectivity index is 0.000000400. The second-order valence-electron chi connectivity index (χ2n) is 13.8. The van der Waals surface area contributed by atoms with Gasteiger partial charge in [0.05, 0.1) is 38.9 Å². The van der Waals surface area contributed by atoms with Crippen molar-refractivity contribution in [3.05, 3.63) is 145 Å². The smallest absolute Gasteiger partial charge is 0.217 e. The van der Waals surface area contributed by atoms with Crippen molar-refractivity contribution in [3.63, 3.8) is 0 Å². The van der Waals surface area contributed by atoms with Gasteiger partial charge in [-0.1, -0.05) is 82.0 Å². The highest BCUT2D eigenvalue weighted by atomic mass is 32.2. The number of sulfonamides is 2. The van der Waals surface area contributed by atoms with Gasteiger partial charge >= 0.3 is 0 Å². The molecule has 2 atom stereocenters. The number of methoxy groups -OCH3 is 4. The van der Waals surface area contributed by atoms with Gasteiger partial charge in [0.2, 0.25) is 20.0 Å². The predicted molar refractivity (Wildman–Crippen MR) is 242 cm³/mol. The third kappa shape index (κ3) is 15.5. The summed E-state index contributed by atoms with van der Waals surface area (Å²) in [5, 5.41) is -0.867. The van der Waals surface area contributed by atoms with Crippen LogP contribution < -0.4 is 18.9 Å². The summed E-state index contributed by atoms with van der Waals surface area (Å²) in [5.41, 5.74) is 3.67. The zero-order valence-electron chi connectivity index (χ0n) is 35.0. The van der Waals surface area contributed by atoms with Crippen LogP contribution in [0.2, 0.25) is 0 Å². The van der Waals surface area contributed by atoms with E-state index in [4.69, 9.17) is 18.9 Å². The second kappa shape index (κ2) is 25.8. The Morgan fingerprint density at radius 3 is 0.864 bits per heavy atom. The van der Waals surface area contributed by atoms with Crippen LogP contribution in [0.3, 0.4) is 0 Å². The molecule has 0 bridgehead atoms. The van der Waals surface area contributed by atoms with E-state index in [1.807, 2.05) is 111 Å². The molecule has 4 aromatic rings. The minimum absolute atomic E-state index is 0. The van der Waals surface area contributed by atoms with E-state index in [9.17, 15) is 16.8 Å². The molecule has 0 N–H and O–H groups in total. The lowest BCUT2D eigenvalue weighted by Crippen LogP contribution is -2.37. The highest BCUT2D eigenvalue weighted by Crippen LogP contribution is 2.26. The maximum Gasteiger partial charge on any atom is 0.217 e. The van der Waals surface area contributed by atoms with Crippen LogP contribution in [0.4, 0.5) is 0 Å². The molecule has 0 aliphatic heterocycles. The van der Waals surface area contributed by atoms with Crippen LogP contribution in [0.15, 0.2) is 122 Å². The van der Waals surface area contributed by atoms with E-state index < -0.39 is 30.5 Å². The summed E-state index contributed by atoms with van der Waals surface area (Å²) in [7, 11) is -0.532. The molecule has 0 unspecified atom stereocenters. The zero-order valence-corrected chi connectivity index (χ0v) is 36.6. The van der Waals surface area contributed by atoms with Crippen LogP contribution in [0, 0.1) is 0 Å². The van der Waals surface area contributed by atoms with Crippen LogP contribution >= 0.6 is 0 Å². The molecule has 59 heavy (non-hydrogen) atoms. The SMILES string of the molecule is C.C=CCC[C@@H](CC)S(=O)(=O)N(Cc1ccc(OC)cc1)Cc1ccc(OC)cc1.C=CCC[C@H](CC)S(=O)(=O)N(Cc1ccc(OC)cc1)Cc1ccc(OC)cc1. The zero-order chi connectivity index (χ0) is 42.6. The Labute approximate surface area is 355 Å². The first-order valence-electron chi connectivity index (χ1n) is 19.6. The summed E-state index contributed by atoms with van der Waals surface area (Å²) in [4.78, 5) is 0. The average Bonchev–Trinajstić information content (AvgIpc) is 3.24. The van der Waals surface area contributed by atoms with Crippen molar-refractivity contribution in [2.75, 3.05) is 28.4 Å². The van der Waals surface area contributed by atoms with E-state index in [2.05, 4.69) is 13.2 Å². The summed E-state index contributed by atoms with van der Waals surface area (Å²) < 4.78 is 77.8. The monoisotopic (exact) mass is 850 g/mol. The van der Waals surface area contributed by atoms with E-state index in [1.165, 1.54) is 0 Å². The van der Waals surface area contributed by atoms with Crippen molar-refractivity contribution in [2.45, 2.75) is 96.5 Å². The lowest BCUT2D eigenvalue weighted by Gasteiger charge is -2.27. The minimum Gasteiger partial charge on any atom is -0.497 e. The van der Waals surface area contributed by atoms with Crippen LogP contribution in [0.5, 0.6) is 23.0 Å². The number of nitrogens with zero attached hydrogens (tertiary/aromatic N) is 2. The molecule has 4 rings (SSSR count). The molecule has 0 aliphatic carbocycles. The van der Waals surface area contributed by atoms with Crippen molar-refractivity contribution in [3.8, 4) is 23.0 Å². The first-order chi connectivity index (χ1) is 27.9. The standard InChI is InChI=1S/2C23H31NO4S.CH4/c2*1-5-7-8-23(6-2)29(25,26)24(17-19-9-13-21(27-3)14-10-19)18-20-11-15-22(28-4)16-12-20;/h2*5,9-16,23H,1,6-8,17-18H2,2-4H3;1H4/t2*23-;/m10./s1. The van der Waals surface area contributed by atoms with Gasteiger partial charge < -0.3 is 18.9 Å². The molecule has 12 heteroatoms. The maximum absolute atomic E-state index is 13.5. The van der Waals surface area contributed by atoms with Crippen molar-refractivity contribution in [2.24, 2.45) is 0 Å². The lowest BCUT2D eigenvalue weighted by molar-refractivity contribution is 0.387. The summed E-state index contributed by atoms with van der Waals surface area (Å²) >= 11 is 0. The molecule has 4 aromatic carbocycles. The molecule has 324 valence electrons. The Kier molecular flexibility index (Phi) is 22.1. The number of hydrogen-bond donors (Lipinski definition) is 0. The average molecular weight is 851 g/mol. The Morgan fingerprint density at radius 2 is 0.695 bits per heavy atom. The van der Waals surface area contributed by atoms with Gasteiger partial charge in [-0.25, -0.2) is 16.8 Å². The molecule has 0 fully saturated rings. The summed E-state index contributed by atoms with van der Waals surface area (Å²) in [6.07, 6.45) is 7.18. The van der Waals surface area contributed by atoms with E-state index >= 15 is 0 Å². The first-order valence-corrected chi connectivity index (χ1v) is 22.6. The quantitative estimate of drug-likeness (QED) is 0.0641. The van der Waals surface area contributed by atoms with Crippen LogP contribution in [0.25, 0.3) is 0 Å². The second-order valence-corrected chi connectivity index (χ2v) is 18.2. The topological polar surface area (TPSA) is 112 Å². The molecule has 0 saturated carbocycles. The number of hydrogen-bond acceptors (Lipinski definition) is 8. The molecule has 0 heterocycles. The van der Waals surface area contributed by atoms with Gasteiger partial charge in [-0.15, -0.1) is 13.2 Å². The van der Waals surface area contributed by atoms with Gasteiger partial charge in [0, 0.05) is 26.2 Å². The molecule has 0 amide bonds. The van der Waals surface area contributed by atoms with Gasteiger partial charge in [-0.05, 0) is 109 Å². The van der Waals surface area contributed by atoms with Gasteiger partial charge in [-0.3, -0.25) is 0 Å². The molecule has 0 saturated heterocycles. The molecule has 0 aromatic heterocycles. The van der Waals surface area contributed by atoms with Crippen LogP contribution in [-0.4, -0.2) is 64.4 Å². The van der Waals surface area contributed by atoms with Crippen molar-refractivity contribution < 1.29 is 35.8 Å². The first kappa shape index (κ1) is 50.5. The minimum atomic E-state index is -3.49. The third-order valence-corrected chi connectivity index (χ3v) is 14.7. The van der Waals surface area contributed by atoms with Gasteiger partial charge in [-0.2, -0.15) is 8.61 Å². The van der Waals surface area contributed by atoms with Crippen LogP contribution in [-0.2, 0) is 46.2 Å². The third-order valence-electron chi connectivity index (χ3n) is 9.93. The summed E-state index contributed by atoms with van der Waals surface area (Å²) in [6.45, 7) is 12.5. The Hall–Kier alpha value is -4.62. The predicted octanol–water partition coefficient (Wildman–Crippen LogP) is 10.2. The van der Waals surface area contributed by atoms with E-state index in [1.54, 1.807) is 49.2 Å². The normalized spacial score (nSPS) is 12.3. The molecular weight excluding hydrogens is 785 g/mol.